The number of sulfonamides is 1. The molecule has 1 fully saturated rings. The Balaban J connectivity index is 1.68. The van der Waals surface area contributed by atoms with Gasteiger partial charge in [0.15, 0.2) is 0 Å². The maximum atomic E-state index is 14.0. The van der Waals surface area contributed by atoms with Gasteiger partial charge in [-0.3, -0.25) is 13.9 Å². The number of nitrogens with one attached hydrogen (secondary N) is 1. The number of carbonyl (C=O) groups excluding carboxylic acids is 2. The molecular weight excluding hydrogens is 522 g/mol. The van der Waals surface area contributed by atoms with Crippen molar-refractivity contribution in [3.05, 3.63) is 95.1 Å². The van der Waals surface area contributed by atoms with E-state index < -0.39 is 28.5 Å². The van der Waals surface area contributed by atoms with E-state index in [1.165, 1.54) is 4.90 Å². The summed E-state index contributed by atoms with van der Waals surface area (Å²) in [4.78, 5) is 28.9. The summed E-state index contributed by atoms with van der Waals surface area (Å²) in [5.74, 6) is -0.678. The summed E-state index contributed by atoms with van der Waals surface area (Å²) in [6.07, 6.45) is 4.02. The fourth-order valence-corrected chi connectivity index (χ4v) is 6.47. The van der Waals surface area contributed by atoms with Gasteiger partial charge in [-0.2, -0.15) is 0 Å². The van der Waals surface area contributed by atoms with Gasteiger partial charge in [0.2, 0.25) is 11.8 Å². The van der Waals surface area contributed by atoms with Crippen molar-refractivity contribution in [2.75, 3.05) is 10.8 Å². The number of aryl methyl sites for hydroxylation is 3. The van der Waals surface area contributed by atoms with E-state index in [0.29, 0.717) is 5.69 Å². The van der Waals surface area contributed by atoms with Crippen LogP contribution in [-0.4, -0.2) is 43.8 Å². The molecule has 1 saturated carbocycles. The Kier molecular flexibility index (Phi) is 9.30. The fraction of sp³-hybridized carbons (Fsp3) is 0.375. The average molecular weight is 562 g/mol. The maximum absolute atomic E-state index is 14.0. The van der Waals surface area contributed by atoms with Gasteiger partial charge in [-0.25, -0.2) is 8.42 Å². The molecule has 0 unspecified atom stereocenters. The van der Waals surface area contributed by atoms with Crippen LogP contribution < -0.4 is 9.62 Å². The van der Waals surface area contributed by atoms with Crippen LogP contribution in [0, 0.1) is 20.8 Å². The lowest BCUT2D eigenvalue weighted by Gasteiger charge is -2.32. The van der Waals surface area contributed by atoms with E-state index >= 15 is 0 Å². The number of hydrogen-bond acceptors (Lipinski definition) is 4. The Hall–Kier alpha value is -3.65. The van der Waals surface area contributed by atoms with Gasteiger partial charge >= 0.3 is 0 Å². The Labute approximate surface area is 238 Å². The molecule has 40 heavy (non-hydrogen) atoms. The van der Waals surface area contributed by atoms with Crippen LogP contribution >= 0.6 is 0 Å². The molecule has 4 rings (SSSR count). The van der Waals surface area contributed by atoms with Crippen molar-refractivity contribution in [2.45, 2.75) is 76.9 Å². The first-order chi connectivity index (χ1) is 19.0. The SMILES string of the molecule is Cc1ccc(N(CC(=O)N(Cc2cccc(C)c2)[C@H](C)C(=O)NC2CCCC2)S(=O)(=O)c2ccc(C)cc2)cc1. The average Bonchev–Trinajstić information content (AvgIpc) is 3.44. The summed E-state index contributed by atoms with van der Waals surface area (Å²) in [5, 5.41) is 3.10. The van der Waals surface area contributed by atoms with Crippen molar-refractivity contribution in [1.29, 1.82) is 0 Å². The molecular formula is C32H39N3O4S. The fourth-order valence-electron chi connectivity index (χ4n) is 5.06. The van der Waals surface area contributed by atoms with Gasteiger partial charge < -0.3 is 10.2 Å². The largest absolute Gasteiger partial charge is 0.352 e. The maximum Gasteiger partial charge on any atom is 0.264 e. The van der Waals surface area contributed by atoms with Crippen molar-refractivity contribution in [3.63, 3.8) is 0 Å². The molecule has 1 atom stereocenters. The Morgan fingerprint density at radius 2 is 1.48 bits per heavy atom. The lowest BCUT2D eigenvalue weighted by Crippen LogP contribution is -2.52. The number of anilines is 1. The van der Waals surface area contributed by atoms with Crippen LogP contribution in [0.1, 0.15) is 54.9 Å². The third-order valence-corrected chi connectivity index (χ3v) is 9.30. The van der Waals surface area contributed by atoms with E-state index in [9.17, 15) is 18.0 Å². The minimum atomic E-state index is -4.07. The number of rotatable bonds is 10. The highest BCUT2D eigenvalue weighted by Gasteiger charge is 2.33. The molecule has 3 aromatic rings. The third-order valence-electron chi connectivity index (χ3n) is 7.51. The second-order valence-electron chi connectivity index (χ2n) is 10.8. The molecule has 0 saturated heterocycles. The van der Waals surface area contributed by atoms with Crippen LogP contribution in [0.3, 0.4) is 0 Å². The first kappa shape index (κ1) is 29.3. The summed E-state index contributed by atoms with van der Waals surface area (Å²) in [7, 11) is -4.07. The second-order valence-corrected chi connectivity index (χ2v) is 12.7. The van der Waals surface area contributed by atoms with E-state index in [-0.39, 0.29) is 23.4 Å². The normalized spacial score (nSPS) is 14.5. The standard InChI is InChI=1S/C32H39N3O4S/c1-23-12-16-29(17-13-23)35(40(38,39)30-18-14-24(2)15-19-30)22-31(36)34(21-27-9-7-8-25(3)20-27)26(4)32(37)33-28-10-5-6-11-28/h7-9,12-20,26,28H,5-6,10-11,21-22H2,1-4H3,(H,33,37)/t26-/m1/s1. The number of amides is 2. The topological polar surface area (TPSA) is 86.8 Å². The molecule has 1 aliphatic carbocycles. The van der Waals surface area contributed by atoms with Crippen LogP contribution in [0.25, 0.3) is 0 Å². The number of hydrogen-bond donors (Lipinski definition) is 1. The molecule has 0 aromatic heterocycles. The first-order valence-corrected chi connectivity index (χ1v) is 15.3. The summed E-state index contributed by atoms with van der Waals surface area (Å²) in [6, 6.07) is 20.7. The number of carbonyl (C=O) groups is 2. The molecule has 0 heterocycles. The molecule has 3 aromatic carbocycles. The van der Waals surface area contributed by atoms with Gasteiger partial charge in [-0.15, -0.1) is 0 Å². The lowest BCUT2D eigenvalue weighted by atomic mass is 10.1. The van der Waals surface area contributed by atoms with Crippen molar-refractivity contribution in [2.24, 2.45) is 0 Å². The van der Waals surface area contributed by atoms with Gasteiger partial charge in [0.05, 0.1) is 10.6 Å². The molecule has 8 heteroatoms. The Morgan fingerprint density at radius 1 is 0.875 bits per heavy atom. The predicted octanol–water partition coefficient (Wildman–Crippen LogP) is 5.28. The molecule has 7 nitrogen and oxygen atoms in total. The number of nitrogens with zero attached hydrogens (tertiary/aromatic N) is 2. The van der Waals surface area contributed by atoms with Gasteiger partial charge in [-0.1, -0.05) is 78.1 Å². The molecule has 0 bridgehead atoms. The second kappa shape index (κ2) is 12.7. The van der Waals surface area contributed by atoms with E-state index in [2.05, 4.69) is 5.32 Å². The zero-order valence-electron chi connectivity index (χ0n) is 23.8. The predicted molar refractivity (Wildman–Crippen MR) is 158 cm³/mol. The molecule has 1 N–H and O–H groups in total. The van der Waals surface area contributed by atoms with Gasteiger partial charge in [0.25, 0.3) is 10.0 Å². The van der Waals surface area contributed by atoms with Gasteiger partial charge in [-0.05, 0) is 70.4 Å². The van der Waals surface area contributed by atoms with Gasteiger partial charge in [0, 0.05) is 12.6 Å². The summed E-state index contributed by atoms with van der Waals surface area (Å²) < 4.78 is 28.9. The zero-order chi connectivity index (χ0) is 28.9. The minimum Gasteiger partial charge on any atom is -0.352 e. The van der Waals surface area contributed by atoms with Crippen molar-refractivity contribution < 1.29 is 18.0 Å². The van der Waals surface area contributed by atoms with Gasteiger partial charge in [0.1, 0.15) is 12.6 Å². The van der Waals surface area contributed by atoms with E-state index in [1.807, 2.05) is 57.2 Å². The van der Waals surface area contributed by atoms with Crippen LogP contribution in [0.2, 0.25) is 0 Å². The Bertz CT molecular complexity index is 1430. The van der Waals surface area contributed by atoms with Crippen molar-refractivity contribution in [1.82, 2.24) is 10.2 Å². The highest BCUT2D eigenvalue weighted by Crippen LogP contribution is 2.26. The molecule has 0 radical (unpaired) electrons. The van der Waals surface area contributed by atoms with Crippen LogP contribution in [0.5, 0.6) is 0 Å². The Morgan fingerprint density at radius 3 is 2.08 bits per heavy atom. The summed E-state index contributed by atoms with van der Waals surface area (Å²) in [6.45, 7) is 7.24. The first-order valence-electron chi connectivity index (χ1n) is 13.9. The van der Waals surface area contributed by atoms with Crippen LogP contribution in [0.15, 0.2) is 77.7 Å². The van der Waals surface area contributed by atoms with E-state index in [1.54, 1.807) is 43.3 Å². The molecule has 0 aliphatic heterocycles. The monoisotopic (exact) mass is 561 g/mol. The minimum absolute atomic E-state index is 0.101. The zero-order valence-corrected chi connectivity index (χ0v) is 24.6. The van der Waals surface area contributed by atoms with Crippen molar-refractivity contribution >= 4 is 27.5 Å². The van der Waals surface area contributed by atoms with Crippen LogP contribution in [-0.2, 0) is 26.2 Å². The van der Waals surface area contributed by atoms with Crippen molar-refractivity contribution in [3.8, 4) is 0 Å². The highest BCUT2D eigenvalue weighted by atomic mass is 32.2. The van der Waals surface area contributed by atoms with Crippen LogP contribution in [0.4, 0.5) is 5.69 Å². The number of benzene rings is 3. The summed E-state index contributed by atoms with van der Waals surface area (Å²) in [5.41, 5.74) is 4.20. The third kappa shape index (κ3) is 7.10. The van der Waals surface area contributed by atoms with E-state index in [4.69, 9.17) is 0 Å². The van der Waals surface area contributed by atoms with E-state index in [0.717, 1.165) is 52.2 Å². The molecule has 2 amide bonds. The molecule has 1 aliphatic rings. The smallest absolute Gasteiger partial charge is 0.264 e. The lowest BCUT2D eigenvalue weighted by molar-refractivity contribution is -0.139. The molecule has 0 spiro atoms. The quantitative estimate of drug-likeness (QED) is 0.365. The summed E-state index contributed by atoms with van der Waals surface area (Å²) >= 11 is 0. The molecule has 212 valence electrons. The highest BCUT2D eigenvalue weighted by molar-refractivity contribution is 7.92.